The van der Waals surface area contributed by atoms with Crippen molar-refractivity contribution in [2.45, 2.75) is 34.1 Å². The molecule has 0 atom stereocenters. The molecule has 0 saturated carbocycles. The molecule has 0 N–H and O–H groups in total. The number of benzene rings is 2. The Morgan fingerprint density at radius 3 is 2.21 bits per heavy atom. The van der Waals surface area contributed by atoms with Crippen molar-refractivity contribution in [3.05, 3.63) is 64.2 Å². The van der Waals surface area contributed by atoms with Crippen LogP contribution in [0.25, 0.3) is 16.3 Å². The van der Waals surface area contributed by atoms with Crippen LogP contribution >= 0.6 is 0 Å². The molecule has 0 aliphatic heterocycles. The zero-order valence-electron chi connectivity index (χ0n) is 12.2. The third kappa shape index (κ3) is 1.83. The molecule has 19 heavy (non-hydrogen) atoms. The van der Waals surface area contributed by atoms with E-state index in [0.717, 1.165) is 6.42 Å². The Balaban J connectivity index is 2.21. The van der Waals surface area contributed by atoms with Crippen molar-refractivity contribution in [2.75, 3.05) is 0 Å². The molecule has 0 heteroatoms. The Morgan fingerprint density at radius 1 is 0.789 bits per heavy atom. The molecule has 0 fully saturated rings. The normalized spacial score (nSPS) is 15.8. The minimum Gasteiger partial charge on any atom is -0.0657 e. The Kier molecular flexibility index (Phi) is 2.82. The van der Waals surface area contributed by atoms with Crippen molar-refractivity contribution < 1.29 is 0 Å². The van der Waals surface area contributed by atoms with E-state index in [1.165, 1.54) is 44.2 Å². The molecule has 2 aromatic carbocycles. The van der Waals surface area contributed by atoms with Crippen molar-refractivity contribution in [1.82, 2.24) is 0 Å². The molecular formula is C19H20. The van der Waals surface area contributed by atoms with Crippen molar-refractivity contribution in [1.29, 1.82) is 0 Å². The third-order valence-electron chi connectivity index (χ3n) is 4.62. The molecule has 0 heterocycles. The first-order valence-corrected chi connectivity index (χ1v) is 6.95. The number of allylic oxidation sites excluding steroid dienone is 4. The number of rotatable bonds is 1. The van der Waals surface area contributed by atoms with E-state index in [2.05, 4.69) is 64.1 Å². The highest BCUT2D eigenvalue weighted by atomic mass is 14.2. The second-order valence-electron chi connectivity index (χ2n) is 5.64. The summed E-state index contributed by atoms with van der Waals surface area (Å²) in [7, 11) is 0. The van der Waals surface area contributed by atoms with E-state index in [9.17, 15) is 0 Å². The average molecular weight is 248 g/mol. The van der Waals surface area contributed by atoms with Gasteiger partial charge >= 0.3 is 0 Å². The molecule has 96 valence electrons. The van der Waals surface area contributed by atoms with Gasteiger partial charge in [-0.2, -0.15) is 0 Å². The third-order valence-corrected chi connectivity index (χ3v) is 4.62. The van der Waals surface area contributed by atoms with E-state index in [1.807, 2.05) is 0 Å². The molecule has 0 amide bonds. The predicted octanol–water partition coefficient (Wildman–Crippen LogP) is 5.66. The maximum Gasteiger partial charge on any atom is -0.00553 e. The summed E-state index contributed by atoms with van der Waals surface area (Å²) in [6, 6.07) is 13.2. The summed E-state index contributed by atoms with van der Waals surface area (Å²) in [5.41, 5.74) is 8.80. The molecule has 0 unspecified atom stereocenters. The van der Waals surface area contributed by atoms with Gasteiger partial charge in [0.2, 0.25) is 0 Å². The van der Waals surface area contributed by atoms with Crippen molar-refractivity contribution in [3.63, 3.8) is 0 Å². The van der Waals surface area contributed by atoms with E-state index >= 15 is 0 Å². The maximum atomic E-state index is 2.29. The highest BCUT2D eigenvalue weighted by molar-refractivity contribution is 5.92. The second kappa shape index (κ2) is 4.38. The topological polar surface area (TPSA) is 0 Å². The van der Waals surface area contributed by atoms with Gasteiger partial charge in [0, 0.05) is 0 Å². The maximum absolute atomic E-state index is 2.29. The molecular weight excluding hydrogens is 228 g/mol. The van der Waals surface area contributed by atoms with Crippen LogP contribution < -0.4 is 0 Å². The Bertz CT molecular complexity index is 727. The average Bonchev–Trinajstić information content (AvgIpc) is 2.67. The molecule has 0 radical (unpaired) electrons. The fourth-order valence-electron chi connectivity index (χ4n) is 3.13. The van der Waals surface area contributed by atoms with E-state index in [4.69, 9.17) is 0 Å². The van der Waals surface area contributed by atoms with Crippen LogP contribution in [0.15, 0.2) is 53.1 Å². The van der Waals surface area contributed by atoms with Crippen LogP contribution in [0.1, 0.15) is 38.3 Å². The number of fused-ring (bicyclic) bond motifs is 1. The molecule has 0 nitrogen and oxygen atoms in total. The zero-order chi connectivity index (χ0) is 13.6. The van der Waals surface area contributed by atoms with E-state index in [1.54, 1.807) is 0 Å². The van der Waals surface area contributed by atoms with Crippen LogP contribution in [0.4, 0.5) is 0 Å². The van der Waals surface area contributed by atoms with E-state index in [-0.39, 0.29) is 0 Å². The van der Waals surface area contributed by atoms with Crippen LogP contribution in [0, 0.1) is 6.92 Å². The second-order valence-corrected chi connectivity index (χ2v) is 5.64. The first-order chi connectivity index (χ1) is 9.09. The summed E-state index contributed by atoms with van der Waals surface area (Å²) in [6.45, 7) is 9.01. The minimum absolute atomic E-state index is 1.11. The smallest absolute Gasteiger partial charge is 0.00553 e. The van der Waals surface area contributed by atoms with Gasteiger partial charge in [-0.05, 0) is 72.7 Å². The summed E-state index contributed by atoms with van der Waals surface area (Å²) in [4.78, 5) is 0. The predicted molar refractivity (Wildman–Crippen MR) is 84.3 cm³/mol. The first-order valence-electron chi connectivity index (χ1n) is 6.95. The van der Waals surface area contributed by atoms with Crippen molar-refractivity contribution in [3.8, 4) is 0 Å². The van der Waals surface area contributed by atoms with Gasteiger partial charge in [0.25, 0.3) is 0 Å². The SMILES string of the molecule is CC1=C(C)C(C)=C(c2ccc3ccccc3c2C)C1. The molecule has 1 aliphatic rings. The van der Waals surface area contributed by atoms with E-state index < -0.39 is 0 Å². The Morgan fingerprint density at radius 2 is 1.53 bits per heavy atom. The van der Waals surface area contributed by atoms with Gasteiger partial charge in [0.05, 0.1) is 0 Å². The fraction of sp³-hybridized carbons (Fsp3) is 0.263. The van der Waals surface area contributed by atoms with Gasteiger partial charge in [-0.1, -0.05) is 42.0 Å². The van der Waals surface area contributed by atoms with Crippen LogP contribution in [-0.4, -0.2) is 0 Å². The number of hydrogen-bond donors (Lipinski definition) is 0. The van der Waals surface area contributed by atoms with Gasteiger partial charge in [-0.25, -0.2) is 0 Å². The van der Waals surface area contributed by atoms with Gasteiger partial charge in [-0.15, -0.1) is 0 Å². The lowest BCUT2D eigenvalue weighted by atomic mass is 9.92. The van der Waals surface area contributed by atoms with Gasteiger partial charge in [0.1, 0.15) is 0 Å². The molecule has 1 aliphatic carbocycles. The molecule has 3 rings (SSSR count). The van der Waals surface area contributed by atoms with Crippen LogP contribution in [0.3, 0.4) is 0 Å². The van der Waals surface area contributed by atoms with Crippen molar-refractivity contribution >= 4 is 16.3 Å². The molecule has 0 spiro atoms. The lowest BCUT2D eigenvalue weighted by Crippen LogP contribution is -1.91. The summed E-state index contributed by atoms with van der Waals surface area (Å²) in [5, 5.41) is 2.71. The molecule has 0 bridgehead atoms. The first kappa shape index (κ1) is 12.2. The number of hydrogen-bond acceptors (Lipinski definition) is 0. The highest BCUT2D eigenvalue weighted by Gasteiger charge is 2.18. The molecule has 0 saturated heterocycles. The lowest BCUT2D eigenvalue weighted by molar-refractivity contribution is 1.22. The number of aryl methyl sites for hydroxylation is 1. The molecule has 2 aromatic rings. The summed E-state index contributed by atoms with van der Waals surface area (Å²) >= 11 is 0. The quantitative estimate of drug-likeness (QED) is 0.610. The Hall–Kier alpha value is -1.82. The molecule has 0 aromatic heterocycles. The van der Waals surface area contributed by atoms with Crippen LogP contribution in [-0.2, 0) is 0 Å². The van der Waals surface area contributed by atoms with Gasteiger partial charge in [0.15, 0.2) is 0 Å². The summed E-state index contributed by atoms with van der Waals surface area (Å²) in [6.07, 6.45) is 1.11. The van der Waals surface area contributed by atoms with Crippen LogP contribution in [0.5, 0.6) is 0 Å². The minimum atomic E-state index is 1.11. The summed E-state index contributed by atoms with van der Waals surface area (Å²) in [5.74, 6) is 0. The van der Waals surface area contributed by atoms with Crippen LogP contribution in [0.2, 0.25) is 0 Å². The highest BCUT2D eigenvalue weighted by Crippen LogP contribution is 2.40. The van der Waals surface area contributed by atoms with Crippen molar-refractivity contribution in [2.24, 2.45) is 0 Å². The zero-order valence-corrected chi connectivity index (χ0v) is 12.2. The van der Waals surface area contributed by atoms with E-state index in [0.29, 0.717) is 0 Å². The van der Waals surface area contributed by atoms with Gasteiger partial charge < -0.3 is 0 Å². The fourth-order valence-corrected chi connectivity index (χ4v) is 3.13. The Labute approximate surface area is 115 Å². The summed E-state index contributed by atoms with van der Waals surface area (Å²) < 4.78 is 0. The largest absolute Gasteiger partial charge is 0.0657 e. The van der Waals surface area contributed by atoms with Gasteiger partial charge in [-0.3, -0.25) is 0 Å². The standard InChI is InChI=1S/C19H20/c1-12-11-19(14(3)13(12)2)18-10-9-16-7-5-6-8-17(16)15(18)4/h5-10H,11H2,1-4H3. The lowest BCUT2D eigenvalue weighted by Gasteiger charge is -2.12. The monoisotopic (exact) mass is 248 g/mol.